The molecule has 134 valence electrons. The quantitative estimate of drug-likeness (QED) is 0.678. The van der Waals surface area contributed by atoms with Gasteiger partial charge >= 0.3 is 0 Å². The van der Waals surface area contributed by atoms with Crippen LogP contribution < -0.4 is 10.6 Å². The molecule has 1 atom stereocenters. The molecule has 1 aromatic heterocycles. The van der Waals surface area contributed by atoms with Crippen molar-refractivity contribution in [2.24, 2.45) is 0 Å². The number of hydrogen-bond acceptors (Lipinski definition) is 3. The van der Waals surface area contributed by atoms with Gasteiger partial charge in [-0.1, -0.05) is 23.7 Å². The molecule has 27 heavy (non-hydrogen) atoms. The van der Waals surface area contributed by atoms with Gasteiger partial charge in [0.15, 0.2) is 0 Å². The highest BCUT2D eigenvalue weighted by Gasteiger charge is 2.54. The minimum atomic E-state index is -1.24. The first-order valence-electron chi connectivity index (χ1n) is 8.25. The van der Waals surface area contributed by atoms with E-state index < -0.39 is 11.2 Å². The first-order chi connectivity index (χ1) is 13.0. The van der Waals surface area contributed by atoms with Crippen molar-refractivity contribution in [2.75, 3.05) is 10.6 Å². The maximum absolute atomic E-state index is 13.6. The summed E-state index contributed by atoms with van der Waals surface area (Å²) in [5.41, 5.74) is 0.910. The molecule has 8 heteroatoms. The maximum atomic E-state index is 13.6. The first-order valence-corrected chi connectivity index (χ1v) is 8.62. The number of nitrogens with zero attached hydrogens (tertiary/aromatic N) is 2. The van der Waals surface area contributed by atoms with Gasteiger partial charge in [-0.05, 0) is 35.9 Å². The van der Waals surface area contributed by atoms with E-state index >= 15 is 0 Å². The Labute approximate surface area is 157 Å². The third kappa shape index (κ3) is 2.15. The summed E-state index contributed by atoms with van der Waals surface area (Å²) in [6, 6.07) is 11.1. The highest BCUT2D eigenvalue weighted by atomic mass is 35.5. The van der Waals surface area contributed by atoms with Gasteiger partial charge in [0.2, 0.25) is 11.8 Å². The predicted molar refractivity (Wildman–Crippen MR) is 97.6 cm³/mol. The number of halogens is 2. The van der Waals surface area contributed by atoms with Crippen LogP contribution in [0.2, 0.25) is 5.02 Å². The predicted octanol–water partition coefficient (Wildman–Crippen LogP) is 3.25. The molecule has 2 aliphatic rings. The van der Waals surface area contributed by atoms with Crippen LogP contribution in [-0.4, -0.2) is 21.6 Å². The summed E-state index contributed by atoms with van der Waals surface area (Å²) in [5, 5.41) is 10.4. The molecule has 0 aliphatic carbocycles. The molecule has 0 bridgehead atoms. The molecule has 2 aromatic carbocycles. The number of carbonyl (C=O) groups is 2. The van der Waals surface area contributed by atoms with Gasteiger partial charge in [-0.25, -0.2) is 9.07 Å². The van der Waals surface area contributed by atoms with Gasteiger partial charge in [0, 0.05) is 22.7 Å². The van der Waals surface area contributed by atoms with Gasteiger partial charge in [0.25, 0.3) is 0 Å². The number of carbonyl (C=O) groups excluding carboxylic acids is 2. The van der Waals surface area contributed by atoms with Gasteiger partial charge in [-0.2, -0.15) is 5.10 Å². The van der Waals surface area contributed by atoms with Crippen LogP contribution in [0.3, 0.4) is 0 Å². The van der Waals surface area contributed by atoms with E-state index in [4.69, 9.17) is 11.6 Å². The fourth-order valence-corrected chi connectivity index (χ4v) is 4.07. The molecule has 3 aromatic rings. The zero-order valence-electron chi connectivity index (χ0n) is 13.8. The third-order valence-corrected chi connectivity index (χ3v) is 5.28. The number of amides is 2. The largest absolute Gasteiger partial charge is 0.325 e. The molecule has 3 heterocycles. The number of anilines is 2. The molecule has 2 aliphatic heterocycles. The number of nitrogens with one attached hydrogen (secondary N) is 2. The molecule has 1 unspecified atom stereocenters. The van der Waals surface area contributed by atoms with Crippen molar-refractivity contribution in [3.8, 4) is 5.69 Å². The van der Waals surface area contributed by atoms with Gasteiger partial charge < -0.3 is 10.6 Å². The summed E-state index contributed by atoms with van der Waals surface area (Å²) >= 11 is 6.07. The monoisotopic (exact) mass is 382 g/mol. The number of hydrogen-bond donors (Lipinski definition) is 2. The van der Waals surface area contributed by atoms with Crippen LogP contribution in [0, 0.1) is 5.82 Å². The smallest absolute Gasteiger partial charge is 0.240 e. The Morgan fingerprint density at radius 3 is 2.78 bits per heavy atom. The third-order valence-electron chi connectivity index (χ3n) is 5.04. The van der Waals surface area contributed by atoms with E-state index in [-0.39, 0.29) is 18.2 Å². The second-order valence-electron chi connectivity index (χ2n) is 6.57. The topological polar surface area (TPSA) is 76.0 Å². The van der Waals surface area contributed by atoms with Crippen molar-refractivity contribution in [1.82, 2.24) is 9.78 Å². The molecule has 0 radical (unpaired) electrons. The molecular formula is C19H12ClFN4O2. The van der Waals surface area contributed by atoms with Crippen LogP contribution >= 0.6 is 11.6 Å². The first kappa shape index (κ1) is 16.0. The Balaban J connectivity index is 1.76. The van der Waals surface area contributed by atoms with Crippen LogP contribution in [0.15, 0.2) is 48.7 Å². The summed E-state index contributed by atoms with van der Waals surface area (Å²) in [6.07, 6.45) is 1.49. The average Bonchev–Trinajstić information content (AvgIpc) is 3.15. The fraction of sp³-hybridized carbons (Fsp3) is 0.105. The SMILES string of the molecule is O=C1CC2(C(=O)Nc3cc(F)ccc32)c2cnn(-c3cccc(Cl)c3)c2N1. The summed E-state index contributed by atoms with van der Waals surface area (Å²) in [5.74, 6) is -0.745. The van der Waals surface area contributed by atoms with E-state index in [2.05, 4.69) is 15.7 Å². The zero-order valence-corrected chi connectivity index (χ0v) is 14.5. The normalized spacial score (nSPS) is 20.2. The van der Waals surface area contributed by atoms with E-state index in [9.17, 15) is 14.0 Å². The van der Waals surface area contributed by atoms with Gasteiger partial charge in [-0.3, -0.25) is 9.59 Å². The number of rotatable bonds is 1. The summed E-state index contributed by atoms with van der Waals surface area (Å²) in [4.78, 5) is 25.5. The minimum absolute atomic E-state index is 0.0777. The van der Waals surface area contributed by atoms with E-state index in [1.165, 1.54) is 16.8 Å². The van der Waals surface area contributed by atoms with E-state index in [1.807, 2.05) is 0 Å². The van der Waals surface area contributed by atoms with Crippen molar-refractivity contribution in [2.45, 2.75) is 11.8 Å². The molecule has 6 nitrogen and oxygen atoms in total. The van der Waals surface area contributed by atoms with Gasteiger partial charge in [0.05, 0.1) is 11.9 Å². The maximum Gasteiger partial charge on any atom is 0.240 e. The van der Waals surface area contributed by atoms with E-state index in [1.54, 1.807) is 36.5 Å². The minimum Gasteiger partial charge on any atom is -0.325 e. The van der Waals surface area contributed by atoms with Crippen LogP contribution in [-0.2, 0) is 15.0 Å². The lowest BCUT2D eigenvalue weighted by Crippen LogP contribution is -2.43. The fourth-order valence-electron chi connectivity index (χ4n) is 3.88. The van der Waals surface area contributed by atoms with Crippen LogP contribution in [0.5, 0.6) is 0 Å². The van der Waals surface area contributed by atoms with Crippen LogP contribution in [0.4, 0.5) is 15.9 Å². The van der Waals surface area contributed by atoms with Crippen LogP contribution in [0.25, 0.3) is 5.69 Å². The highest BCUT2D eigenvalue weighted by Crippen LogP contribution is 2.50. The second kappa shape index (κ2) is 5.40. The number of fused-ring (bicyclic) bond motifs is 4. The van der Waals surface area contributed by atoms with Crippen molar-refractivity contribution in [3.05, 3.63) is 70.6 Å². The number of aromatic nitrogens is 2. The zero-order chi connectivity index (χ0) is 18.8. The molecule has 5 rings (SSSR count). The molecule has 0 saturated carbocycles. The molecule has 0 saturated heterocycles. The Hall–Kier alpha value is -3.19. The van der Waals surface area contributed by atoms with E-state index in [0.29, 0.717) is 33.3 Å². The highest BCUT2D eigenvalue weighted by molar-refractivity contribution is 6.30. The van der Waals surface area contributed by atoms with Crippen LogP contribution in [0.1, 0.15) is 17.5 Å². The van der Waals surface area contributed by atoms with Crippen molar-refractivity contribution in [3.63, 3.8) is 0 Å². The Morgan fingerprint density at radius 2 is 1.96 bits per heavy atom. The standard InChI is InChI=1S/C19H12ClFN4O2/c20-10-2-1-3-12(6-10)25-17-14(9-22-25)19(8-16(26)24-17)13-5-4-11(21)7-15(13)23-18(19)27/h1-7,9H,8H2,(H,23,27)(H,24,26). The molecular weight excluding hydrogens is 371 g/mol. The summed E-state index contributed by atoms with van der Waals surface area (Å²) in [7, 11) is 0. The Morgan fingerprint density at radius 1 is 1.11 bits per heavy atom. The van der Waals surface area contributed by atoms with E-state index in [0.717, 1.165) is 0 Å². The lowest BCUT2D eigenvalue weighted by atomic mass is 9.72. The van der Waals surface area contributed by atoms with Crippen molar-refractivity contribution in [1.29, 1.82) is 0 Å². The average molecular weight is 383 g/mol. The van der Waals surface area contributed by atoms with Gasteiger partial charge in [0.1, 0.15) is 17.1 Å². The summed E-state index contributed by atoms with van der Waals surface area (Å²) in [6.45, 7) is 0. The van der Waals surface area contributed by atoms with Gasteiger partial charge in [-0.15, -0.1) is 0 Å². The molecule has 1 spiro atoms. The molecule has 0 fully saturated rings. The molecule has 2 N–H and O–H groups in total. The Kier molecular flexibility index (Phi) is 3.21. The van der Waals surface area contributed by atoms with Crippen molar-refractivity contribution < 1.29 is 14.0 Å². The van der Waals surface area contributed by atoms with Crippen molar-refractivity contribution >= 4 is 34.9 Å². The lowest BCUT2D eigenvalue weighted by Gasteiger charge is -2.31. The Bertz CT molecular complexity index is 1140. The molecule has 2 amide bonds. The second-order valence-corrected chi connectivity index (χ2v) is 7.01. The lowest BCUT2D eigenvalue weighted by molar-refractivity contribution is -0.125. The summed E-state index contributed by atoms with van der Waals surface area (Å²) < 4.78 is 15.2. The number of benzene rings is 2.